The number of thioether (sulfide) groups is 1. The van der Waals surface area contributed by atoms with Crippen molar-refractivity contribution in [2.75, 3.05) is 19.0 Å². The number of fused-ring (bicyclic) bond motifs is 1. The summed E-state index contributed by atoms with van der Waals surface area (Å²) in [6.07, 6.45) is 3.83. The Morgan fingerprint density at radius 2 is 2.08 bits per heavy atom. The van der Waals surface area contributed by atoms with Gasteiger partial charge < -0.3 is 15.2 Å². The number of rotatable bonds is 4. The minimum absolute atomic E-state index is 0.107. The average Bonchev–Trinajstić information content (AvgIpc) is 2.67. The molecular formula is C18H19FN4O2S. The Kier molecular flexibility index (Phi) is 4.78. The Morgan fingerprint density at radius 1 is 1.27 bits per heavy atom. The van der Waals surface area contributed by atoms with Crippen LogP contribution in [0, 0.1) is 11.7 Å². The van der Waals surface area contributed by atoms with Gasteiger partial charge in [-0.25, -0.2) is 19.4 Å². The molecule has 0 radical (unpaired) electrons. The van der Waals surface area contributed by atoms with E-state index in [9.17, 15) is 4.39 Å². The highest BCUT2D eigenvalue weighted by Gasteiger charge is 2.49. The average molecular weight is 374 g/mol. The van der Waals surface area contributed by atoms with E-state index in [4.69, 9.17) is 15.2 Å². The van der Waals surface area contributed by atoms with Gasteiger partial charge in [0.05, 0.1) is 12.7 Å². The second-order valence-corrected chi connectivity index (χ2v) is 7.41. The third-order valence-corrected chi connectivity index (χ3v) is 5.74. The van der Waals surface area contributed by atoms with Gasteiger partial charge in [0.15, 0.2) is 5.17 Å². The van der Waals surface area contributed by atoms with Crippen LogP contribution in [0.2, 0.25) is 0 Å². The van der Waals surface area contributed by atoms with Crippen LogP contribution in [0.3, 0.4) is 0 Å². The van der Waals surface area contributed by atoms with Crippen LogP contribution >= 0.6 is 11.8 Å². The number of nitrogens with zero attached hydrogens (tertiary/aromatic N) is 3. The lowest BCUT2D eigenvalue weighted by Gasteiger charge is -2.46. The summed E-state index contributed by atoms with van der Waals surface area (Å²) in [5, 5.41) is 0.473. The van der Waals surface area contributed by atoms with E-state index in [2.05, 4.69) is 15.0 Å². The lowest BCUT2D eigenvalue weighted by molar-refractivity contribution is -0.0740. The predicted molar refractivity (Wildman–Crippen MR) is 97.5 cm³/mol. The number of halogens is 1. The standard InChI is InChI=1S/C18H19FN4O2S/c19-15-5-2-1-4-14(15)18-11-25-13(8-12(18)10-26-16(20)23-18)9-24-17-21-6-3-7-22-17/h1-7,12-13H,8-11H2,(H2,20,23). The largest absolute Gasteiger partial charge is 0.461 e. The van der Waals surface area contributed by atoms with Crippen molar-refractivity contribution in [1.29, 1.82) is 0 Å². The Labute approximate surface area is 155 Å². The van der Waals surface area contributed by atoms with E-state index in [0.717, 1.165) is 5.75 Å². The summed E-state index contributed by atoms with van der Waals surface area (Å²) < 4.78 is 26.2. The fraction of sp³-hybridized carbons (Fsp3) is 0.389. The van der Waals surface area contributed by atoms with Gasteiger partial charge in [0.1, 0.15) is 18.0 Å². The highest BCUT2D eigenvalue weighted by Crippen LogP contribution is 2.46. The van der Waals surface area contributed by atoms with Crippen LogP contribution in [0.5, 0.6) is 6.01 Å². The molecule has 3 atom stereocenters. The quantitative estimate of drug-likeness (QED) is 0.885. The zero-order valence-corrected chi connectivity index (χ0v) is 14.9. The number of aromatic nitrogens is 2. The predicted octanol–water partition coefficient (Wildman–Crippen LogP) is 2.36. The minimum Gasteiger partial charge on any atom is -0.461 e. The van der Waals surface area contributed by atoms with Gasteiger partial charge in [-0.15, -0.1) is 0 Å². The number of hydrogen-bond acceptors (Lipinski definition) is 7. The van der Waals surface area contributed by atoms with Crippen LogP contribution in [-0.2, 0) is 10.3 Å². The Balaban J connectivity index is 1.54. The summed E-state index contributed by atoms with van der Waals surface area (Å²) in [5.41, 5.74) is 5.74. The molecule has 136 valence electrons. The molecular weight excluding hydrogens is 355 g/mol. The first-order valence-electron chi connectivity index (χ1n) is 8.42. The van der Waals surface area contributed by atoms with Crippen LogP contribution in [0.25, 0.3) is 0 Å². The summed E-state index contributed by atoms with van der Waals surface area (Å²) in [7, 11) is 0. The van der Waals surface area contributed by atoms with Gasteiger partial charge in [-0.3, -0.25) is 0 Å². The zero-order valence-electron chi connectivity index (χ0n) is 14.0. The fourth-order valence-corrected chi connectivity index (χ4v) is 4.51. The summed E-state index contributed by atoms with van der Waals surface area (Å²) in [6, 6.07) is 8.77. The second-order valence-electron chi connectivity index (χ2n) is 6.37. The summed E-state index contributed by atoms with van der Waals surface area (Å²) in [6.45, 7) is 0.612. The van der Waals surface area contributed by atoms with Gasteiger partial charge >= 0.3 is 6.01 Å². The first-order chi connectivity index (χ1) is 12.7. The van der Waals surface area contributed by atoms with Crippen molar-refractivity contribution in [2.24, 2.45) is 16.6 Å². The Hall–Kier alpha value is -2.19. The minimum atomic E-state index is -0.777. The van der Waals surface area contributed by atoms with Crippen LogP contribution < -0.4 is 10.5 Å². The van der Waals surface area contributed by atoms with Crippen molar-refractivity contribution >= 4 is 16.9 Å². The molecule has 2 aliphatic rings. The molecule has 1 aromatic carbocycles. The molecule has 0 spiro atoms. The van der Waals surface area contributed by atoms with Crippen LogP contribution in [-0.4, -0.2) is 40.2 Å². The number of nitrogens with two attached hydrogens (primary N) is 1. The number of benzene rings is 1. The zero-order chi connectivity index (χ0) is 18.0. The van der Waals surface area contributed by atoms with E-state index in [0.29, 0.717) is 29.8 Å². The third-order valence-electron chi connectivity index (χ3n) is 4.78. The molecule has 3 unspecified atom stereocenters. The second kappa shape index (κ2) is 7.20. The summed E-state index contributed by atoms with van der Waals surface area (Å²) in [5.74, 6) is 0.596. The number of ether oxygens (including phenoxy) is 2. The molecule has 8 heteroatoms. The van der Waals surface area contributed by atoms with Gasteiger partial charge in [-0.1, -0.05) is 30.0 Å². The molecule has 2 aromatic rings. The number of aliphatic imine (C=N–C) groups is 1. The SMILES string of the molecule is NC1=NC2(c3ccccc3F)COC(COc3ncccn3)CC2CS1. The Bertz CT molecular complexity index is 807. The van der Waals surface area contributed by atoms with Gasteiger partial charge in [0.2, 0.25) is 0 Å². The van der Waals surface area contributed by atoms with Crippen LogP contribution in [0.1, 0.15) is 12.0 Å². The molecule has 2 aliphatic heterocycles. The number of hydrogen-bond donors (Lipinski definition) is 1. The van der Waals surface area contributed by atoms with Gasteiger partial charge in [0, 0.05) is 29.6 Å². The summed E-state index contributed by atoms with van der Waals surface area (Å²) in [4.78, 5) is 12.7. The molecule has 4 rings (SSSR count). The molecule has 0 aliphatic carbocycles. The molecule has 3 heterocycles. The van der Waals surface area contributed by atoms with Gasteiger partial charge in [-0.05, 0) is 18.6 Å². The molecule has 2 N–H and O–H groups in total. The topological polar surface area (TPSA) is 82.6 Å². The normalized spacial score (nSPS) is 28.1. The lowest BCUT2D eigenvalue weighted by Crippen LogP contribution is -2.51. The maximum Gasteiger partial charge on any atom is 0.316 e. The van der Waals surface area contributed by atoms with E-state index in [1.165, 1.54) is 17.8 Å². The van der Waals surface area contributed by atoms with Gasteiger partial charge in [-0.2, -0.15) is 0 Å². The van der Waals surface area contributed by atoms with Crippen molar-refractivity contribution in [3.05, 3.63) is 54.1 Å². The fourth-order valence-electron chi connectivity index (χ4n) is 3.50. The lowest BCUT2D eigenvalue weighted by atomic mass is 9.75. The molecule has 0 bridgehead atoms. The van der Waals surface area contributed by atoms with Crippen molar-refractivity contribution < 1.29 is 13.9 Å². The first-order valence-corrected chi connectivity index (χ1v) is 9.40. The van der Waals surface area contributed by atoms with Crippen molar-refractivity contribution in [1.82, 2.24) is 9.97 Å². The third kappa shape index (κ3) is 3.26. The van der Waals surface area contributed by atoms with Gasteiger partial charge in [0.25, 0.3) is 0 Å². The highest BCUT2D eigenvalue weighted by molar-refractivity contribution is 8.13. The molecule has 1 fully saturated rings. The van der Waals surface area contributed by atoms with E-state index >= 15 is 0 Å². The van der Waals surface area contributed by atoms with Crippen molar-refractivity contribution in [2.45, 2.75) is 18.1 Å². The summed E-state index contributed by atoms with van der Waals surface area (Å²) >= 11 is 1.50. The molecule has 6 nitrogen and oxygen atoms in total. The maximum absolute atomic E-state index is 14.5. The van der Waals surface area contributed by atoms with Crippen LogP contribution in [0.4, 0.5) is 4.39 Å². The van der Waals surface area contributed by atoms with E-state index in [1.807, 2.05) is 6.07 Å². The van der Waals surface area contributed by atoms with E-state index in [1.54, 1.807) is 30.6 Å². The van der Waals surface area contributed by atoms with Crippen LogP contribution in [0.15, 0.2) is 47.7 Å². The molecule has 0 amide bonds. The monoisotopic (exact) mass is 374 g/mol. The maximum atomic E-state index is 14.5. The van der Waals surface area contributed by atoms with E-state index in [-0.39, 0.29) is 24.4 Å². The van der Waals surface area contributed by atoms with Crippen molar-refractivity contribution in [3.63, 3.8) is 0 Å². The molecule has 26 heavy (non-hydrogen) atoms. The first kappa shape index (κ1) is 17.2. The number of amidine groups is 1. The molecule has 1 aromatic heterocycles. The smallest absolute Gasteiger partial charge is 0.316 e. The van der Waals surface area contributed by atoms with Crippen molar-refractivity contribution in [3.8, 4) is 6.01 Å². The van der Waals surface area contributed by atoms with E-state index < -0.39 is 5.54 Å². The Morgan fingerprint density at radius 3 is 2.88 bits per heavy atom. The molecule has 1 saturated heterocycles. The highest BCUT2D eigenvalue weighted by atomic mass is 32.2. The molecule has 0 saturated carbocycles.